The minimum absolute atomic E-state index is 0.0305. The minimum atomic E-state index is -0.703. The molecule has 3 aromatic heterocycles. The fourth-order valence-corrected chi connectivity index (χ4v) is 3.32. The number of amides is 3. The van der Waals surface area contributed by atoms with E-state index in [0.717, 1.165) is 18.7 Å². The number of fused-ring (bicyclic) bond motifs is 1. The number of hydrogen-bond acceptors (Lipinski definition) is 8. The number of urea groups is 1. The number of nitrogens with zero attached hydrogens (tertiary/aromatic N) is 5. The summed E-state index contributed by atoms with van der Waals surface area (Å²) in [6.07, 6.45) is 8.32. The summed E-state index contributed by atoms with van der Waals surface area (Å²) in [5.74, 6) is 0.618. The Hall–Kier alpha value is -3.70. The Bertz CT molecular complexity index is 1240. The molecule has 4 N–H and O–H groups in total. The molecule has 12 heteroatoms. The van der Waals surface area contributed by atoms with Gasteiger partial charge in [0.1, 0.15) is 24.1 Å². The van der Waals surface area contributed by atoms with E-state index >= 15 is 0 Å². The van der Waals surface area contributed by atoms with E-state index in [2.05, 4.69) is 31.0 Å². The zero-order valence-corrected chi connectivity index (χ0v) is 16.8. The fraction of sp³-hybridized carbons (Fsp3) is 0.211. The molecule has 3 amide bonds. The van der Waals surface area contributed by atoms with Crippen molar-refractivity contribution in [2.45, 2.75) is 18.9 Å². The van der Waals surface area contributed by atoms with Crippen molar-refractivity contribution in [1.82, 2.24) is 29.8 Å². The van der Waals surface area contributed by atoms with Crippen LogP contribution in [0.4, 0.5) is 22.1 Å². The molecule has 0 bridgehead atoms. The maximum absolute atomic E-state index is 12.3. The average Bonchev–Trinajstić information content (AvgIpc) is 3.41. The van der Waals surface area contributed by atoms with Crippen molar-refractivity contribution >= 4 is 52.6 Å². The summed E-state index contributed by atoms with van der Waals surface area (Å²) < 4.78 is 1.63. The number of aliphatic hydroxyl groups is 1. The van der Waals surface area contributed by atoms with Crippen molar-refractivity contribution in [3.63, 3.8) is 0 Å². The van der Waals surface area contributed by atoms with Crippen LogP contribution in [0.5, 0.6) is 0 Å². The second kappa shape index (κ2) is 7.52. The molecule has 1 saturated heterocycles. The first-order chi connectivity index (χ1) is 15.0. The number of nitrogens with one attached hydrogen (secondary N) is 3. The van der Waals surface area contributed by atoms with Gasteiger partial charge in [-0.2, -0.15) is 9.61 Å². The lowest BCUT2D eigenvalue weighted by molar-refractivity contribution is -0.125. The van der Waals surface area contributed by atoms with Crippen molar-refractivity contribution < 1.29 is 14.7 Å². The van der Waals surface area contributed by atoms with Gasteiger partial charge >= 0.3 is 6.03 Å². The summed E-state index contributed by atoms with van der Waals surface area (Å²) in [4.78, 5) is 33.4. The molecule has 1 aliphatic carbocycles. The van der Waals surface area contributed by atoms with Crippen LogP contribution < -0.4 is 16.0 Å². The molecule has 0 aromatic carbocycles. The molecule has 4 heterocycles. The molecule has 158 valence electrons. The van der Waals surface area contributed by atoms with Crippen LogP contribution >= 0.6 is 11.6 Å². The molecule has 2 fully saturated rings. The number of aliphatic hydroxyl groups excluding tert-OH is 1. The topological polar surface area (TPSA) is 137 Å². The van der Waals surface area contributed by atoms with Crippen LogP contribution in [0, 0.1) is 0 Å². The monoisotopic (exact) mass is 440 g/mol. The third-order valence-electron chi connectivity index (χ3n) is 4.87. The highest BCUT2D eigenvalue weighted by molar-refractivity contribution is 6.33. The zero-order valence-electron chi connectivity index (χ0n) is 16.0. The van der Waals surface area contributed by atoms with Crippen molar-refractivity contribution in [3.8, 4) is 0 Å². The SMILES string of the molecule is O=C1N/C(=C\c2cnn3c(NC4CC4)cc(Nc4ccncc4Cl)nc23)C(=O)N1CO. The number of aromatic nitrogens is 4. The van der Waals surface area contributed by atoms with E-state index in [4.69, 9.17) is 11.6 Å². The lowest BCUT2D eigenvalue weighted by atomic mass is 10.2. The first-order valence-corrected chi connectivity index (χ1v) is 9.88. The Kier molecular flexibility index (Phi) is 4.68. The number of rotatable bonds is 6. The van der Waals surface area contributed by atoms with Crippen LogP contribution in [0.15, 0.2) is 36.4 Å². The number of carbonyl (C=O) groups excluding carboxylic acids is 2. The fourth-order valence-electron chi connectivity index (χ4n) is 3.16. The van der Waals surface area contributed by atoms with Gasteiger partial charge < -0.3 is 21.1 Å². The summed E-state index contributed by atoms with van der Waals surface area (Å²) in [7, 11) is 0. The molecule has 3 aromatic rings. The zero-order chi connectivity index (χ0) is 21.5. The molecular weight excluding hydrogens is 424 g/mol. The molecular formula is C19H17ClN8O3. The second-order valence-electron chi connectivity index (χ2n) is 7.12. The van der Waals surface area contributed by atoms with Gasteiger partial charge in [-0.15, -0.1) is 0 Å². The standard InChI is InChI=1S/C19H17ClN8O3/c20-12-8-21-4-3-13(12)24-15-6-16(23-11-1-2-11)28-17(26-15)10(7-22-28)5-14-18(30)27(9-29)19(31)25-14/h3-8,11,23,29H,1-2,9H2,(H,25,31)(H,21,24,26)/b14-5-. The van der Waals surface area contributed by atoms with Gasteiger partial charge in [0, 0.05) is 30.1 Å². The summed E-state index contributed by atoms with van der Waals surface area (Å²) >= 11 is 6.21. The van der Waals surface area contributed by atoms with Crippen LogP contribution in [-0.4, -0.2) is 54.3 Å². The Morgan fingerprint density at radius 1 is 1.32 bits per heavy atom. The molecule has 0 radical (unpaired) electrons. The smallest absolute Gasteiger partial charge is 0.330 e. The lowest BCUT2D eigenvalue weighted by Gasteiger charge is -2.12. The predicted octanol–water partition coefficient (Wildman–Crippen LogP) is 1.94. The van der Waals surface area contributed by atoms with Gasteiger partial charge in [0.2, 0.25) is 0 Å². The minimum Gasteiger partial charge on any atom is -0.376 e. The van der Waals surface area contributed by atoms with Crippen LogP contribution in [0.25, 0.3) is 11.7 Å². The average molecular weight is 441 g/mol. The molecule has 0 spiro atoms. The number of halogens is 1. The molecule has 2 aliphatic rings. The van der Waals surface area contributed by atoms with Gasteiger partial charge in [-0.25, -0.2) is 14.7 Å². The van der Waals surface area contributed by atoms with Crippen LogP contribution in [0.3, 0.4) is 0 Å². The number of imide groups is 1. The van der Waals surface area contributed by atoms with E-state index in [0.29, 0.717) is 38.7 Å². The maximum atomic E-state index is 12.3. The van der Waals surface area contributed by atoms with Gasteiger partial charge in [-0.05, 0) is 25.0 Å². The van der Waals surface area contributed by atoms with E-state index in [1.807, 2.05) is 6.07 Å². The highest BCUT2D eigenvalue weighted by Gasteiger charge is 2.33. The number of pyridine rings is 1. The van der Waals surface area contributed by atoms with Crippen LogP contribution in [0.1, 0.15) is 18.4 Å². The molecule has 1 saturated carbocycles. The lowest BCUT2D eigenvalue weighted by Crippen LogP contribution is -2.31. The molecule has 11 nitrogen and oxygen atoms in total. The molecule has 5 rings (SSSR count). The van der Waals surface area contributed by atoms with Crippen molar-refractivity contribution in [2.75, 3.05) is 17.4 Å². The van der Waals surface area contributed by atoms with Gasteiger partial charge in [-0.3, -0.25) is 9.78 Å². The van der Waals surface area contributed by atoms with Gasteiger partial charge in [-0.1, -0.05) is 11.6 Å². The highest BCUT2D eigenvalue weighted by atomic mass is 35.5. The van der Waals surface area contributed by atoms with Crippen molar-refractivity contribution in [2.24, 2.45) is 0 Å². The second-order valence-corrected chi connectivity index (χ2v) is 7.53. The van der Waals surface area contributed by atoms with Crippen LogP contribution in [0.2, 0.25) is 5.02 Å². The van der Waals surface area contributed by atoms with E-state index in [1.165, 1.54) is 12.3 Å². The van der Waals surface area contributed by atoms with E-state index in [-0.39, 0.29) is 5.70 Å². The maximum Gasteiger partial charge on any atom is 0.330 e. The van der Waals surface area contributed by atoms with E-state index in [9.17, 15) is 14.7 Å². The van der Waals surface area contributed by atoms with Gasteiger partial charge in [0.25, 0.3) is 5.91 Å². The van der Waals surface area contributed by atoms with E-state index < -0.39 is 18.7 Å². The molecule has 31 heavy (non-hydrogen) atoms. The third-order valence-corrected chi connectivity index (χ3v) is 5.17. The summed E-state index contributed by atoms with van der Waals surface area (Å²) in [6.45, 7) is -0.703. The van der Waals surface area contributed by atoms with Gasteiger partial charge in [0.15, 0.2) is 5.65 Å². The Morgan fingerprint density at radius 2 is 2.16 bits per heavy atom. The van der Waals surface area contributed by atoms with Crippen LogP contribution in [-0.2, 0) is 4.79 Å². The third kappa shape index (κ3) is 3.64. The first-order valence-electron chi connectivity index (χ1n) is 9.51. The Balaban J connectivity index is 1.57. The van der Waals surface area contributed by atoms with E-state index in [1.54, 1.807) is 23.0 Å². The predicted molar refractivity (Wildman–Crippen MR) is 113 cm³/mol. The molecule has 0 unspecified atom stereocenters. The van der Waals surface area contributed by atoms with Crippen molar-refractivity contribution in [3.05, 3.63) is 47.0 Å². The summed E-state index contributed by atoms with van der Waals surface area (Å²) in [5, 5.41) is 23.1. The summed E-state index contributed by atoms with van der Waals surface area (Å²) in [5.41, 5.74) is 1.66. The quantitative estimate of drug-likeness (QED) is 0.337. The number of anilines is 3. The largest absolute Gasteiger partial charge is 0.376 e. The van der Waals surface area contributed by atoms with Crippen molar-refractivity contribution in [1.29, 1.82) is 0 Å². The molecule has 0 atom stereocenters. The summed E-state index contributed by atoms with van der Waals surface area (Å²) in [6, 6.07) is 3.23. The highest BCUT2D eigenvalue weighted by Crippen LogP contribution is 2.30. The molecule has 1 aliphatic heterocycles. The Morgan fingerprint density at radius 3 is 2.87 bits per heavy atom. The first kappa shape index (κ1) is 19.3. The number of carbonyl (C=O) groups is 2. The number of hydrogen-bond donors (Lipinski definition) is 4. The van der Waals surface area contributed by atoms with Gasteiger partial charge in [0.05, 0.1) is 16.9 Å². The normalized spacial score (nSPS) is 17.5. The Labute approximate surface area is 180 Å².